The quantitative estimate of drug-likeness (QED) is 0.116. The topological polar surface area (TPSA) is 83.5 Å². The third-order valence-electron chi connectivity index (χ3n) is 7.63. The summed E-state index contributed by atoms with van der Waals surface area (Å²) in [6.07, 6.45) is 2.21. The molecule has 7 nitrogen and oxygen atoms in total. The first-order valence-corrected chi connectivity index (χ1v) is 18.4. The molecule has 1 aliphatic rings. The molecule has 0 saturated carbocycles. The summed E-state index contributed by atoms with van der Waals surface area (Å²) in [5.41, 5.74) is -5.38. The molecule has 0 aromatic rings. The van der Waals surface area contributed by atoms with Crippen molar-refractivity contribution in [3.05, 3.63) is 0 Å². The number of ether oxygens (including phenoxy) is 3. The van der Waals surface area contributed by atoms with Gasteiger partial charge in [0.05, 0.1) is 32.3 Å². The van der Waals surface area contributed by atoms with Crippen LogP contribution in [0.4, 0.5) is 8.78 Å². The monoisotopic (exact) mass is 572 g/mol. The molecular weight excluding hydrogens is 520 g/mol. The van der Waals surface area contributed by atoms with Gasteiger partial charge in [-0.3, -0.25) is 4.57 Å². The normalized spacial score (nSPS) is 25.6. The Bertz CT molecular complexity index is 716. The molecule has 1 aliphatic heterocycles. The molecule has 0 aromatic heterocycles. The molecule has 220 valence electrons. The molecule has 4 atom stereocenters. The smallest absolute Gasteiger partial charge is 0.399 e. The van der Waals surface area contributed by atoms with Gasteiger partial charge in [-0.2, -0.15) is 8.78 Å². The Balaban J connectivity index is 3.55. The second kappa shape index (κ2) is 14.7. The van der Waals surface area contributed by atoms with Crippen LogP contribution < -0.4 is 0 Å². The SMILES string of the molecule is B[C@@H]1O[C@](COCCCC)(CC(F)(F)P(=O)(OCC)OCC)C(OCCCC)[C@@H]1CC(C)(C)[Si](C)(C)O. The maximum Gasteiger partial charge on any atom is 0.399 e. The van der Waals surface area contributed by atoms with Crippen molar-refractivity contribution in [2.45, 2.75) is 122 Å². The van der Waals surface area contributed by atoms with Crippen LogP contribution in [0, 0.1) is 5.92 Å². The molecule has 0 bridgehead atoms. The van der Waals surface area contributed by atoms with Crippen LogP contribution in [0.3, 0.4) is 0 Å². The van der Waals surface area contributed by atoms with Gasteiger partial charge >= 0.3 is 13.3 Å². The molecule has 1 N–H and O–H groups in total. The van der Waals surface area contributed by atoms with Gasteiger partial charge in [-0.05, 0) is 51.2 Å². The van der Waals surface area contributed by atoms with Gasteiger partial charge in [0.2, 0.25) is 0 Å². The summed E-state index contributed by atoms with van der Waals surface area (Å²) in [6, 6.07) is -0.439. The summed E-state index contributed by atoms with van der Waals surface area (Å²) >= 11 is 0. The van der Waals surface area contributed by atoms with Crippen LogP contribution in [-0.2, 0) is 27.8 Å². The lowest BCUT2D eigenvalue weighted by Gasteiger charge is -2.41. The fourth-order valence-corrected chi connectivity index (χ4v) is 7.06. The van der Waals surface area contributed by atoms with Gasteiger partial charge in [-0.25, -0.2) is 0 Å². The van der Waals surface area contributed by atoms with E-state index in [4.69, 9.17) is 23.3 Å². The van der Waals surface area contributed by atoms with E-state index in [1.807, 2.05) is 48.6 Å². The highest BCUT2D eigenvalue weighted by Gasteiger charge is 2.64. The van der Waals surface area contributed by atoms with Crippen molar-refractivity contribution in [1.82, 2.24) is 0 Å². The van der Waals surface area contributed by atoms with Crippen LogP contribution >= 0.6 is 7.60 Å². The summed E-state index contributed by atoms with van der Waals surface area (Å²) in [5.74, 6) is -0.269. The van der Waals surface area contributed by atoms with Gasteiger partial charge in [0, 0.05) is 25.1 Å². The number of halogens is 2. The molecule has 1 heterocycles. The lowest BCUT2D eigenvalue weighted by atomic mass is 9.76. The highest BCUT2D eigenvalue weighted by Crippen LogP contribution is 2.65. The van der Waals surface area contributed by atoms with Crippen molar-refractivity contribution in [3.63, 3.8) is 0 Å². The summed E-state index contributed by atoms with van der Waals surface area (Å²) in [7, 11) is -5.53. The highest BCUT2D eigenvalue weighted by molar-refractivity contribution is 7.55. The fraction of sp³-hybridized carbons (Fsp3) is 1.00. The van der Waals surface area contributed by atoms with Crippen LogP contribution in [0.1, 0.15) is 80.1 Å². The van der Waals surface area contributed by atoms with E-state index in [9.17, 15) is 9.36 Å². The van der Waals surface area contributed by atoms with Crippen LogP contribution in [-0.4, -0.2) is 77.4 Å². The van der Waals surface area contributed by atoms with E-state index < -0.39 is 50.7 Å². The van der Waals surface area contributed by atoms with Crippen molar-refractivity contribution >= 4 is 23.8 Å². The minimum absolute atomic E-state index is 0.126. The van der Waals surface area contributed by atoms with Crippen LogP contribution in [0.25, 0.3) is 0 Å². The summed E-state index contributed by atoms with van der Waals surface area (Å²) in [6.45, 7) is 15.2. The minimum atomic E-state index is -4.78. The van der Waals surface area contributed by atoms with Crippen molar-refractivity contribution < 1.29 is 41.4 Å². The standard InChI is InChI=1S/C25H52BF2O7PSi/c1-9-13-15-31-19-24(18-25(27,28)36(29,33-11-3)34-12-4)21(32-16-14-10-2)20(22(26)35-24)17-23(5,6)37(7,8)30/h20-22,30H,9-19,26H2,1-8H3/t20-,21?,22+,24-/m0/s1. The van der Waals surface area contributed by atoms with Crippen molar-refractivity contribution in [1.29, 1.82) is 0 Å². The molecule has 0 radical (unpaired) electrons. The summed E-state index contributed by atoms with van der Waals surface area (Å²) in [4.78, 5) is 11.0. The maximum absolute atomic E-state index is 15.9. The van der Waals surface area contributed by atoms with E-state index >= 15 is 8.78 Å². The summed E-state index contributed by atoms with van der Waals surface area (Å²) < 4.78 is 73.9. The molecule has 1 fully saturated rings. The van der Waals surface area contributed by atoms with Crippen LogP contribution in [0.15, 0.2) is 0 Å². The predicted octanol–water partition coefficient (Wildman–Crippen LogP) is 5.95. The third kappa shape index (κ3) is 9.07. The van der Waals surface area contributed by atoms with Crippen molar-refractivity contribution in [3.8, 4) is 0 Å². The molecule has 1 unspecified atom stereocenters. The first kappa shape index (κ1) is 35.2. The molecule has 1 rings (SSSR count). The Labute approximate surface area is 225 Å². The summed E-state index contributed by atoms with van der Waals surface area (Å²) in [5, 5.41) is -0.421. The van der Waals surface area contributed by atoms with Crippen molar-refractivity contribution in [2.24, 2.45) is 5.92 Å². The Kier molecular flexibility index (Phi) is 13.9. The number of hydrogen-bond acceptors (Lipinski definition) is 7. The number of rotatable bonds is 19. The number of hydrogen-bond donors (Lipinski definition) is 1. The second-order valence-electron chi connectivity index (χ2n) is 11.4. The highest BCUT2D eigenvalue weighted by atomic mass is 31.2. The molecular formula is C25H52BF2O7PSi. The van der Waals surface area contributed by atoms with Crippen LogP contribution in [0.5, 0.6) is 0 Å². The van der Waals surface area contributed by atoms with E-state index in [0.717, 1.165) is 25.7 Å². The van der Waals surface area contributed by atoms with Gasteiger partial charge < -0.3 is 28.1 Å². The van der Waals surface area contributed by atoms with Gasteiger partial charge in [0.15, 0.2) is 8.32 Å². The largest absolute Gasteiger partial charge is 0.432 e. The lowest BCUT2D eigenvalue weighted by Crippen LogP contribution is -2.52. The first-order chi connectivity index (χ1) is 17.1. The molecule has 0 amide bonds. The molecule has 1 saturated heterocycles. The fourth-order valence-electron chi connectivity index (χ4n) is 4.73. The predicted molar refractivity (Wildman–Crippen MR) is 149 cm³/mol. The molecule has 0 aliphatic carbocycles. The minimum Gasteiger partial charge on any atom is -0.432 e. The second-order valence-corrected chi connectivity index (χ2v) is 18.1. The van der Waals surface area contributed by atoms with Crippen LogP contribution in [0.2, 0.25) is 18.1 Å². The zero-order valence-electron chi connectivity index (χ0n) is 24.6. The zero-order valence-corrected chi connectivity index (χ0v) is 26.5. The Morgan fingerprint density at radius 2 is 1.59 bits per heavy atom. The Morgan fingerprint density at radius 3 is 2.08 bits per heavy atom. The Morgan fingerprint density at radius 1 is 1.05 bits per heavy atom. The maximum atomic E-state index is 15.9. The van der Waals surface area contributed by atoms with E-state index in [0.29, 0.717) is 19.6 Å². The van der Waals surface area contributed by atoms with Crippen molar-refractivity contribution in [2.75, 3.05) is 33.0 Å². The van der Waals surface area contributed by atoms with E-state index in [1.54, 1.807) is 0 Å². The van der Waals surface area contributed by atoms with E-state index in [2.05, 4.69) is 0 Å². The zero-order chi connectivity index (χ0) is 28.5. The first-order valence-electron chi connectivity index (χ1n) is 13.9. The average molecular weight is 573 g/mol. The average Bonchev–Trinajstić information content (AvgIpc) is 3.00. The molecule has 0 aromatic carbocycles. The third-order valence-corrected chi connectivity index (χ3v) is 13.3. The molecule has 0 spiro atoms. The molecule has 37 heavy (non-hydrogen) atoms. The molecule has 12 heteroatoms. The Hall–Kier alpha value is 0.132. The van der Waals surface area contributed by atoms with E-state index in [-0.39, 0.29) is 25.7 Å². The van der Waals surface area contributed by atoms with Gasteiger partial charge in [0.1, 0.15) is 13.4 Å². The van der Waals surface area contributed by atoms with Gasteiger partial charge in [0.25, 0.3) is 0 Å². The number of alkyl halides is 2. The lowest BCUT2D eigenvalue weighted by molar-refractivity contribution is -0.163. The van der Waals surface area contributed by atoms with Gasteiger partial charge in [-0.1, -0.05) is 40.5 Å². The number of unbranched alkanes of at least 4 members (excludes halogenated alkanes) is 2. The van der Waals surface area contributed by atoms with Gasteiger partial charge in [-0.15, -0.1) is 0 Å². The van der Waals surface area contributed by atoms with E-state index in [1.165, 1.54) is 13.8 Å².